The minimum Gasteiger partial charge on any atom is -0.493 e. The van der Waals surface area contributed by atoms with Crippen molar-refractivity contribution in [3.63, 3.8) is 0 Å². The van der Waals surface area contributed by atoms with Crippen molar-refractivity contribution >= 4 is 11.4 Å². The molecule has 90 valence electrons. The molecule has 0 amide bonds. The zero-order valence-corrected chi connectivity index (χ0v) is 10.4. The van der Waals surface area contributed by atoms with E-state index >= 15 is 0 Å². The Bertz CT molecular complexity index is 349. The average molecular weight is 224 g/mol. The lowest BCUT2D eigenvalue weighted by Crippen LogP contribution is -2.23. The molecule has 1 aromatic rings. The third-order valence-electron chi connectivity index (χ3n) is 2.64. The molecule has 0 aliphatic rings. The molecule has 1 rings (SSSR count). The number of rotatable bonds is 5. The molecule has 4 nitrogen and oxygen atoms in total. The molecule has 0 saturated carbocycles. The van der Waals surface area contributed by atoms with E-state index in [2.05, 4.69) is 18.7 Å². The van der Waals surface area contributed by atoms with Crippen LogP contribution in [0.5, 0.6) is 11.5 Å². The maximum Gasteiger partial charge on any atom is 0.162 e. The van der Waals surface area contributed by atoms with Gasteiger partial charge in [0.05, 0.1) is 25.6 Å². The monoisotopic (exact) mass is 224 g/mol. The van der Waals surface area contributed by atoms with Gasteiger partial charge in [0, 0.05) is 25.2 Å². The molecule has 0 saturated heterocycles. The van der Waals surface area contributed by atoms with E-state index in [4.69, 9.17) is 15.2 Å². The molecule has 0 aromatic heterocycles. The van der Waals surface area contributed by atoms with Crippen molar-refractivity contribution in [3.05, 3.63) is 12.1 Å². The van der Waals surface area contributed by atoms with Crippen molar-refractivity contribution in [2.75, 3.05) is 37.9 Å². The molecule has 16 heavy (non-hydrogen) atoms. The highest BCUT2D eigenvalue weighted by Crippen LogP contribution is 2.36. The zero-order valence-electron chi connectivity index (χ0n) is 10.4. The number of methoxy groups -OCH3 is 2. The van der Waals surface area contributed by atoms with Crippen molar-refractivity contribution in [3.8, 4) is 11.5 Å². The number of nitrogens with two attached hydrogens (primary N) is 1. The van der Waals surface area contributed by atoms with E-state index in [9.17, 15) is 0 Å². The highest BCUT2D eigenvalue weighted by molar-refractivity contribution is 5.73. The molecule has 0 aliphatic carbocycles. The predicted molar refractivity (Wildman–Crippen MR) is 67.5 cm³/mol. The van der Waals surface area contributed by atoms with Gasteiger partial charge in [-0.1, -0.05) is 0 Å². The van der Waals surface area contributed by atoms with E-state index in [1.807, 2.05) is 6.07 Å². The number of nitrogen functional groups attached to an aromatic ring is 1. The Balaban J connectivity index is 3.19. The molecule has 0 heterocycles. The summed E-state index contributed by atoms with van der Waals surface area (Å²) in [4.78, 5) is 2.18. The second-order valence-electron chi connectivity index (χ2n) is 3.44. The van der Waals surface area contributed by atoms with Crippen LogP contribution in [0, 0.1) is 0 Å². The van der Waals surface area contributed by atoms with Crippen LogP contribution in [0.4, 0.5) is 11.4 Å². The molecular formula is C12H20N2O2. The number of hydrogen-bond acceptors (Lipinski definition) is 4. The van der Waals surface area contributed by atoms with Crippen molar-refractivity contribution in [1.82, 2.24) is 0 Å². The van der Waals surface area contributed by atoms with Crippen LogP contribution in [0.25, 0.3) is 0 Å². The summed E-state index contributed by atoms with van der Waals surface area (Å²) in [7, 11) is 3.23. The first-order chi connectivity index (χ1) is 7.67. The van der Waals surface area contributed by atoms with Gasteiger partial charge in [-0.2, -0.15) is 0 Å². The fourth-order valence-corrected chi connectivity index (χ4v) is 1.72. The second kappa shape index (κ2) is 5.49. The van der Waals surface area contributed by atoms with Crippen molar-refractivity contribution in [2.45, 2.75) is 13.8 Å². The Hall–Kier alpha value is -1.58. The summed E-state index contributed by atoms with van der Waals surface area (Å²) in [5.74, 6) is 1.37. The van der Waals surface area contributed by atoms with Gasteiger partial charge < -0.3 is 20.1 Å². The third kappa shape index (κ3) is 2.32. The van der Waals surface area contributed by atoms with Gasteiger partial charge in [-0.3, -0.25) is 0 Å². The molecule has 0 spiro atoms. The molecule has 0 bridgehead atoms. The number of benzene rings is 1. The lowest BCUT2D eigenvalue weighted by molar-refractivity contribution is 0.355. The highest BCUT2D eigenvalue weighted by atomic mass is 16.5. The van der Waals surface area contributed by atoms with Crippen LogP contribution in [-0.4, -0.2) is 27.3 Å². The lowest BCUT2D eigenvalue weighted by Gasteiger charge is -2.24. The Morgan fingerprint density at radius 2 is 1.56 bits per heavy atom. The number of anilines is 2. The summed E-state index contributed by atoms with van der Waals surface area (Å²) < 4.78 is 10.5. The lowest BCUT2D eigenvalue weighted by atomic mass is 10.2. The summed E-state index contributed by atoms with van der Waals surface area (Å²) in [6, 6.07) is 3.72. The van der Waals surface area contributed by atoms with E-state index in [1.165, 1.54) is 0 Å². The number of nitrogens with zero attached hydrogens (tertiary/aromatic N) is 1. The SMILES string of the molecule is CCN(CC)c1cc(OC)c(OC)cc1N. The Labute approximate surface area is 96.9 Å². The van der Waals surface area contributed by atoms with Crippen LogP contribution in [0.2, 0.25) is 0 Å². The predicted octanol–water partition coefficient (Wildman–Crippen LogP) is 2.13. The Kier molecular flexibility index (Phi) is 4.28. The van der Waals surface area contributed by atoms with Crippen molar-refractivity contribution in [2.24, 2.45) is 0 Å². The van der Waals surface area contributed by atoms with Crippen LogP contribution < -0.4 is 20.1 Å². The standard InChI is InChI=1S/C12H20N2O2/c1-5-14(6-2)10-8-12(16-4)11(15-3)7-9(10)13/h7-8H,5-6,13H2,1-4H3. The maximum atomic E-state index is 6.00. The van der Waals surface area contributed by atoms with E-state index in [0.717, 1.165) is 18.8 Å². The van der Waals surface area contributed by atoms with Crippen molar-refractivity contribution < 1.29 is 9.47 Å². The Morgan fingerprint density at radius 3 is 2.00 bits per heavy atom. The normalized spacial score (nSPS) is 10.0. The molecule has 2 N–H and O–H groups in total. The van der Waals surface area contributed by atoms with Crippen molar-refractivity contribution in [1.29, 1.82) is 0 Å². The molecule has 0 aliphatic heterocycles. The van der Waals surface area contributed by atoms with E-state index < -0.39 is 0 Å². The number of ether oxygens (including phenoxy) is 2. The van der Waals surface area contributed by atoms with Crippen LogP contribution in [-0.2, 0) is 0 Å². The van der Waals surface area contributed by atoms with Gasteiger partial charge in [-0.25, -0.2) is 0 Å². The quantitative estimate of drug-likeness (QED) is 0.778. The smallest absolute Gasteiger partial charge is 0.162 e. The molecule has 4 heteroatoms. The second-order valence-corrected chi connectivity index (χ2v) is 3.44. The minimum atomic E-state index is 0.663. The third-order valence-corrected chi connectivity index (χ3v) is 2.64. The molecular weight excluding hydrogens is 204 g/mol. The van der Waals surface area contributed by atoms with Gasteiger partial charge in [0.15, 0.2) is 11.5 Å². The van der Waals surface area contributed by atoms with Crippen LogP contribution in [0.1, 0.15) is 13.8 Å². The minimum absolute atomic E-state index is 0.663. The number of hydrogen-bond donors (Lipinski definition) is 1. The van der Waals surface area contributed by atoms with Gasteiger partial charge in [-0.15, -0.1) is 0 Å². The van der Waals surface area contributed by atoms with E-state index in [1.54, 1.807) is 20.3 Å². The Morgan fingerprint density at radius 1 is 1.06 bits per heavy atom. The van der Waals surface area contributed by atoms with Gasteiger partial charge in [0.25, 0.3) is 0 Å². The molecule has 1 aromatic carbocycles. The summed E-state index contributed by atoms with van der Waals surface area (Å²) in [5.41, 5.74) is 7.69. The zero-order chi connectivity index (χ0) is 12.1. The fraction of sp³-hybridized carbons (Fsp3) is 0.500. The van der Waals surface area contributed by atoms with E-state index in [-0.39, 0.29) is 0 Å². The summed E-state index contributed by atoms with van der Waals surface area (Å²) in [6.45, 7) is 6.02. The summed E-state index contributed by atoms with van der Waals surface area (Å²) in [5, 5.41) is 0. The first kappa shape index (κ1) is 12.5. The molecule has 0 fully saturated rings. The fourth-order valence-electron chi connectivity index (χ4n) is 1.72. The van der Waals surface area contributed by atoms with Crippen LogP contribution in [0.3, 0.4) is 0 Å². The van der Waals surface area contributed by atoms with Gasteiger partial charge in [0.2, 0.25) is 0 Å². The first-order valence-corrected chi connectivity index (χ1v) is 5.44. The van der Waals surface area contributed by atoms with E-state index in [0.29, 0.717) is 17.2 Å². The topological polar surface area (TPSA) is 47.7 Å². The molecule has 0 radical (unpaired) electrons. The summed E-state index contributed by atoms with van der Waals surface area (Å²) >= 11 is 0. The maximum absolute atomic E-state index is 6.00. The highest BCUT2D eigenvalue weighted by Gasteiger charge is 2.12. The van der Waals surface area contributed by atoms with Gasteiger partial charge in [0.1, 0.15) is 0 Å². The van der Waals surface area contributed by atoms with Crippen LogP contribution in [0.15, 0.2) is 12.1 Å². The van der Waals surface area contributed by atoms with Crippen LogP contribution >= 0.6 is 0 Å². The van der Waals surface area contributed by atoms with Gasteiger partial charge >= 0.3 is 0 Å². The average Bonchev–Trinajstić information content (AvgIpc) is 2.32. The largest absolute Gasteiger partial charge is 0.493 e. The first-order valence-electron chi connectivity index (χ1n) is 5.44. The molecule has 0 unspecified atom stereocenters. The van der Waals surface area contributed by atoms with Gasteiger partial charge in [-0.05, 0) is 13.8 Å². The summed E-state index contributed by atoms with van der Waals surface area (Å²) in [6.07, 6.45) is 0. The molecule has 0 atom stereocenters.